The van der Waals surface area contributed by atoms with Crippen LogP contribution in [0.25, 0.3) is 0 Å². The Labute approximate surface area is 122 Å². The topological polar surface area (TPSA) is 101 Å². The first kappa shape index (κ1) is 15.5. The van der Waals surface area contributed by atoms with Gasteiger partial charge in [-0.3, -0.25) is 14.4 Å². The molecule has 3 N–H and O–H groups in total. The van der Waals surface area contributed by atoms with Gasteiger partial charge in [-0.25, -0.2) is 0 Å². The fourth-order valence-electron chi connectivity index (χ4n) is 1.41. The molecule has 1 aromatic carbocycles. The van der Waals surface area contributed by atoms with Crippen molar-refractivity contribution >= 4 is 45.3 Å². The van der Waals surface area contributed by atoms with E-state index in [1.807, 2.05) is 0 Å². The molecule has 0 aliphatic heterocycles. The quantitative estimate of drug-likeness (QED) is 0.831. The average molecular weight is 350 g/mol. The number of nitrogens with zero attached hydrogens (tertiary/aromatic N) is 1. The molecule has 19 heavy (non-hydrogen) atoms. The molecule has 0 heterocycles. The first-order chi connectivity index (χ1) is 8.79. The van der Waals surface area contributed by atoms with E-state index in [0.717, 1.165) is 4.90 Å². The molecule has 1 aromatic rings. The van der Waals surface area contributed by atoms with Crippen LogP contribution in [0.3, 0.4) is 0 Å². The van der Waals surface area contributed by atoms with E-state index in [0.29, 0.717) is 9.50 Å². The van der Waals surface area contributed by atoms with Crippen LogP contribution in [0.1, 0.15) is 10.4 Å². The molecule has 0 fully saturated rings. The third-order valence-corrected chi connectivity index (χ3v) is 2.75. The van der Waals surface area contributed by atoms with Gasteiger partial charge in [-0.1, -0.05) is 27.5 Å². The second-order valence-corrected chi connectivity index (χ2v) is 5.03. The van der Waals surface area contributed by atoms with Crippen LogP contribution in [0.5, 0.6) is 0 Å². The number of carbonyl (C=O) groups is 3. The molecular weight excluding hydrogens is 339 g/mol. The molecule has 6 nitrogen and oxygen atoms in total. The Balaban J connectivity index is 3.03. The number of aliphatic carboxylic acids is 1. The van der Waals surface area contributed by atoms with Crippen LogP contribution in [-0.4, -0.2) is 40.9 Å². The number of nitrogens with two attached hydrogens (primary N) is 1. The summed E-state index contributed by atoms with van der Waals surface area (Å²) in [5.74, 6) is -2.67. The fourth-order valence-corrected chi connectivity index (χ4v) is 2.27. The molecule has 2 amide bonds. The van der Waals surface area contributed by atoms with Gasteiger partial charge in [-0.15, -0.1) is 0 Å². The summed E-state index contributed by atoms with van der Waals surface area (Å²) in [5, 5.41) is 9.03. The van der Waals surface area contributed by atoms with Gasteiger partial charge in [0.15, 0.2) is 0 Å². The molecule has 0 radical (unpaired) electrons. The van der Waals surface area contributed by atoms with E-state index in [1.165, 1.54) is 12.1 Å². The predicted octanol–water partition coefficient (Wildman–Crippen LogP) is 1.11. The summed E-state index contributed by atoms with van der Waals surface area (Å²) in [6, 6.07) is 4.43. The molecule has 8 heteroatoms. The zero-order valence-corrected chi connectivity index (χ0v) is 11.9. The van der Waals surface area contributed by atoms with E-state index in [4.69, 9.17) is 22.4 Å². The van der Waals surface area contributed by atoms with E-state index < -0.39 is 30.9 Å². The van der Waals surface area contributed by atoms with Gasteiger partial charge >= 0.3 is 5.97 Å². The minimum atomic E-state index is -1.24. The van der Waals surface area contributed by atoms with Crippen LogP contribution in [-0.2, 0) is 9.59 Å². The summed E-state index contributed by atoms with van der Waals surface area (Å²) in [6.07, 6.45) is 0. The number of benzene rings is 1. The van der Waals surface area contributed by atoms with Gasteiger partial charge in [0, 0.05) is 15.1 Å². The highest BCUT2D eigenvalue weighted by Crippen LogP contribution is 2.20. The van der Waals surface area contributed by atoms with E-state index >= 15 is 0 Å². The summed E-state index contributed by atoms with van der Waals surface area (Å²) in [7, 11) is 0. The smallest absolute Gasteiger partial charge is 0.323 e. The maximum absolute atomic E-state index is 12.1. The maximum atomic E-state index is 12.1. The minimum absolute atomic E-state index is 0.168. The SMILES string of the molecule is NC(=O)CN(CC(=O)O)C(=O)c1cc(Cl)cc(Br)c1. The van der Waals surface area contributed by atoms with Crippen LogP contribution >= 0.6 is 27.5 Å². The fraction of sp³-hybridized carbons (Fsp3) is 0.182. The number of carboxylic acid groups (broad SMARTS) is 1. The normalized spacial score (nSPS) is 10.0. The van der Waals surface area contributed by atoms with E-state index in [9.17, 15) is 14.4 Å². The number of carbonyl (C=O) groups excluding carboxylic acids is 2. The van der Waals surface area contributed by atoms with Crippen molar-refractivity contribution < 1.29 is 19.5 Å². The summed E-state index contributed by atoms with van der Waals surface area (Å²) < 4.78 is 0.567. The van der Waals surface area contributed by atoms with Crippen molar-refractivity contribution in [1.82, 2.24) is 4.90 Å². The lowest BCUT2D eigenvalue weighted by molar-refractivity contribution is -0.138. The lowest BCUT2D eigenvalue weighted by Gasteiger charge is -2.19. The van der Waals surface area contributed by atoms with Gasteiger partial charge in [0.2, 0.25) is 5.91 Å². The first-order valence-electron chi connectivity index (χ1n) is 5.05. The molecule has 0 saturated heterocycles. The highest BCUT2D eigenvalue weighted by Gasteiger charge is 2.20. The lowest BCUT2D eigenvalue weighted by Crippen LogP contribution is -2.41. The van der Waals surface area contributed by atoms with Crippen molar-refractivity contribution in [1.29, 1.82) is 0 Å². The molecule has 1 rings (SSSR count). The van der Waals surface area contributed by atoms with Crippen LogP contribution < -0.4 is 5.73 Å². The van der Waals surface area contributed by atoms with Gasteiger partial charge in [0.1, 0.15) is 13.1 Å². The number of primary amides is 1. The first-order valence-corrected chi connectivity index (χ1v) is 6.22. The van der Waals surface area contributed by atoms with Gasteiger partial charge in [-0.2, -0.15) is 0 Å². The van der Waals surface area contributed by atoms with Crippen molar-refractivity contribution in [3.05, 3.63) is 33.3 Å². The zero-order chi connectivity index (χ0) is 14.6. The number of rotatable bonds is 5. The lowest BCUT2D eigenvalue weighted by atomic mass is 10.2. The van der Waals surface area contributed by atoms with Gasteiger partial charge in [0.05, 0.1) is 0 Å². The second kappa shape index (κ2) is 6.53. The third kappa shape index (κ3) is 4.88. The van der Waals surface area contributed by atoms with Crippen LogP contribution in [0.4, 0.5) is 0 Å². The Morgan fingerprint density at radius 3 is 2.37 bits per heavy atom. The van der Waals surface area contributed by atoms with Crippen molar-refractivity contribution in [3.8, 4) is 0 Å². The highest BCUT2D eigenvalue weighted by atomic mass is 79.9. The molecular formula is C11H10BrClN2O4. The Morgan fingerprint density at radius 1 is 1.26 bits per heavy atom. The van der Waals surface area contributed by atoms with Crippen molar-refractivity contribution in [3.63, 3.8) is 0 Å². The Bertz CT molecular complexity index is 499. The molecule has 102 valence electrons. The summed E-state index contributed by atoms with van der Waals surface area (Å²) >= 11 is 8.97. The Hall–Kier alpha value is -1.60. The van der Waals surface area contributed by atoms with Crippen molar-refractivity contribution in [2.24, 2.45) is 5.73 Å². The van der Waals surface area contributed by atoms with E-state index in [-0.39, 0.29) is 5.56 Å². The van der Waals surface area contributed by atoms with Crippen molar-refractivity contribution in [2.75, 3.05) is 13.1 Å². The number of carboxylic acids is 1. The molecule has 0 spiro atoms. The molecule has 0 bridgehead atoms. The molecule has 0 aliphatic rings. The number of amides is 2. The van der Waals surface area contributed by atoms with Crippen LogP contribution in [0.15, 0.2) is 22.7 Å². The summed E-state index contributed by atoms with van der Waals surface area (Å²) in [6.45, 7) is -1.10. The van der Waals surface area contributed by atoms with Crippen molar-refractivity contribution in [2.45, 2.75) is 0 Å². The highest BCUT2D eigenvalue weighted by molar-refractivity contribution is 9.10. The molecule has 0 saturated carbocycles. The minimum Gasteiger partial charge on any atom is -0.480 e. The van der Waals surface area contributed by atoms with Gasteiger partial charge in [0.25, 0.3) is 5.91 Å². The van der Waals surface area contributed by atoms with Gasteiger partial charge < -0.3 is 15.7 Å². The average Bonchev–Trinajstić information content (AvgIpc) is 2.24. The molecule has 0 unspecified atom stereocenters. The monoisotopic (exact) mass is 348 g/mol. The molecule has 0 aromatic heterocycles. The second-order valence-electron chi connectivity index (χ2n) is 3.68. The predicted molar refractivity (Wildman–Crippen MR) is 71.9 cm³/mol. The number of halogens is 2. The van der Waals surface area contributed by atoms with E-state index in [2.05, 4.69) is 15.9 Å². The Morgan fingerprint density at radius 2 is 1.89 bits per heavy atom. The van der Waals surface area contributed by atoms with Crippen LogP contribution in [0, 0.1) is 0 Å². The maximum Gasteiger partial charge on any atom is 0.323 e. The molecule has 0 aliphatic carbocycles. The number of hydrogen-bond donors (Lipinski definition) is 2. The zero-order valence-electron chi connectivity index (χ0n) is 9.60. The number of hydrogen-bond acceptors (Lipinski definition) is 3. The summed E-state index contributed by atoms with van der Waals surface area (Å²) in [5.41, 5.74) is 5.15. The molecule has 0 atom stereocenters. The van der Waals surface area contributed by atoms with E-state index in [1.54, 1.807) is 6.07 Å². The largest absolute Gasteiger partial charge is 0.480 e. The van der Waals surface area contributed by atoms with Gasteiger partial charge in [-0.05, 0) is 18.2 Å². The summed E-state index contributed by atoms with van der Waals surface area (Å²) in [4.78, 5) is 34.5. The Kier molecular flexibility index (Phi) is 5.31. The van der Waals surface area contributed by atoms with Crippen LogP contribution in [0.2, 0.25) is 5.02 Å². The standard InChI is InChI=1S/C11H10BrClN2O4/c12-7-1-6(2-8(13)3-7)11(19)15(4-9(14)16)5-10(17)18/h1-3H,4-5H2,(H2,14,16)(H,17,18). The third-order valence-electron chi connectivity index (χ3n) is 2.07.